The van der Waals surface area contributed by atoms with Crippen LogP contribution in [0.4, 0.5) is 0 Å². The van der Waals surface area contributed by atoms with Crippen molar-refractivity contribution in [3.05, 3.63) is 0 Å². The summed E-state index contributed by atoms with van der Waals surface area (Å²) in [6, 6.07) is 0. The van der Waals surface area contributed by atoms with Crippen LogP contribution >= 0.6 is 0 Å². The summed E-state index contributed by atoms with van der Waals surface area (Å²) in [6.07, 6.45) is 4.14. The van der Waals surface area contributed by atoms with Gasteiger partial charge in [0.15, 0.2) is 0 Å². The summed E-state index contributed by atoms with van der Waals surface area (Å²) >= 11 is 0. The third kappa shape index (κ3) is 3.44. The maximum atomic E-state index is 3.37. The molecule has 0 amide bonds. The normalized spacial score (nSPS) is 19.6. The second kappa shape index (κ2) is 5.83. The highest BCUT2D eigenvalue weighted by Gasteiger charge is 2.39. The summed E-state index contributed by atoms with van der Waals surface area (Å²) in [7, 11) is 6.68. The lowest BCUT2D eigenvalue weighted by Gasteiger charge is -2.49. The SMILES string of the molecule is CCNCCN(C)CC1(N(C)C)CCC1. The van der Waals surface area contributed by atoms with E-state index in [9.17, 15) is 0 Å². The Hall–Kier alpha value is -0.120. The standard InChI is InChI=1S/C12H27N3/c1-5-13-9-10-15(4)11-12(14(2)3)7-6-8-12/h13H,5-11H2,1-4H3. The number of hydrogen-bond acceptors (Lipinski definition) is 3. The molecule has 1 rings (SSSR count). The molecule has 0 spiro atoms. The third-order valence-corrected chi connectivity index (χ3v) is 3.72. The maximum Gasteiger partial charge on any atom is 0.0330 e. The molecule has 15 heavy (non-hydrogen) atoms. The molecule has 3 heteroatoms. The molecule has 0 aromatic carbocycles. The van der Waals surface area contributed by atoms with Gasteiger partial charge in [0.1, 0.15) is 0 Å². The Bertz CT molecular complexity index is 176. The smallest absolute Gasteiger partial charge is 0.0330 e. The van der Waals surface area contributed by atoms with Crippen LogP contribution < -0.4 is 5.32 Å². The van der Waals surface area contributed by atoms with Gasteiger partial charge < -0.3 is 15.1 Å². The van der Waals surface area contributed by atoms with Gasteiger partial charge in [-0.25, -0.2) is 0 Å². The van der Waals surface area contributed by atoms with Gasteiger partial charge in [0, 0.05) is 25.2 Å². The van der Waals surface area contributed by atoms with E-state index >= 15 is 0 Å². The lowest BCUT2D eigenvalue weighted by Crippen LogP contribution is -2.57. The minimum Gasteiger partial charge on any atom is -0.316 e. The highest BCUT2D eigenvalue weighted by molar-refractivity contribution is 4.97. The van der Waals surface area contributed by atoms with Crippen molar-refractivity contribution in [1.82, 2.24) is 15.1 Å². The van der Waals surface area contributed by atoms with Gasteiger partial charge in [0.25, 0.3) is 0 Å². The van der Waals surface area contributed by atoms with Crippen molar-refractivity contribution in [1.29, 1.82) is 0 Å². The number of hydrogen-bond donors (Lipinski definition) is 1. The summed E-state index contributed by atoms with van der Waals surface area (Å²) < 4.78 is 0. The number of likely N-dealkylation sites (N-methyl/N-ethyl adjacent to an activating group) is 3. The van der Waals surface area contributed by atoms with Gasteiger partial charge in [-0.3, -0.25) is 0 Å². The highest BCUT2D eigenvalue weighted by Crippen LogP contribution is 2.36. The van der Waals surface area contributed by atoms with Crippen LogP contribution in [0.1, 0.15) is 26.2 Å². The molecule has 0 aromatic rings. The molecule has 0 aromatic heterocycles. The van der Waals surface area contributed by atoms with E-state index in [2.05, 4.69) is 43.2 Å². The van der Waals surface area contributed by atoms with E-state index in [1.165, 1.54) is 25.8 Å². The second-order valence-electron chi connectivity index (χ2n) is 5.06. The molecule has 1 aliphatic carbocycles. The zero-order valence-electron chi connectivity index (χ0n) is 10.8. The molecular formula is C12H27N3. The number of nitrogens with one attached hydrogen (secondary N) is 1. The molecule has 0 heterocycles. The van der Waals surface area contributed by atoms with Crippen LogP contribution in [-0.2, 0) is 0 Å². The molecule has 0 unspecified atom stereocenters. The topological polar surface area (TPSA) is 18.5 Å². The number of nitrogens with zero attached hydrogens (tertiary/aromatic N) is 2. The fourth-order valence-electron chi connectivity index (χ4n) is 2.36. The molecule has 1 saturated carbocycles. The van der Waals surface area contributed by atoms with Crippen LogP contribution in [0.3, 0.4) is 0 Å². The summed E-state index contributed by atoms with van der Waals surface area (Å²) in [4.78, 5) is 4.88. The van der Waals surface area contributed by atoms with Crippen LogP contribution in [0.25, 0.3) is 0 Å². The van der Waals surface area contributed by atoms with Crippen molar-refractivity contribution in [2.75, 3.05) is 47.3 Å². The average molecular weight is 213 g/mol. The van der Waals surface area contributed by atoms with Crippen LogP contribution in [0.5, 0.6) is 0 Å². The molecular weight excluding hydrogens is 186 g/mol. The van der Waals surface area contributed by atoms with E-state index in [-0.39, 0.29) is 0 Å². The van der Waals surface area contributed by atoms with Gasteiger partial charge in [-0.15, -0.1) is 0 Å². The van der Waals surface area contributed by atoms with Gasteiger partial charge in [-0.05, 0) is 47.0 Å². The lowest BCUT2D eigenvalue weighted by atomic mass is 9.75. The van der Waals surface area contributed by atoms with Crippen molar-refractivity contribution in [3.8, 4) is 0 Å². The lowest BCUT2D eigenvalue weighted by molar-refractivity contribution is 0.0282. The molecule has 0 bridgehead atoms. The summed E-state index contributed by atoms with van der Waals surface area (Å²) in [5.74, 6) is 0. The van der Waals surface area contributed by atoms with Gasteiger partial charge in [-0.2, -0.15) is 0 Å². The summed E-state index contributed by atoms with van der Waals surface area (Å²) in [5, 5.41) is 3.37. The molecule has 0 radical (unpaired) electrons. The molecule has 1 aliphatic rings. The van der Waals surface area contributed by atoms with Gasteiger partial charge in [0.2, 0.25) is 0 Å². The Kier molecular flexibility index (Phi) is 5.03. The van der Waals surface area contributed by atoms with Crippen LogP contribution in [0.2, 0.25) is 0 Å². The third-order valence-electron chi connectivity index (χ3n) is 3.72. The van der Waals surface area contributed by atoms with Crippen LogP contribution in [-0.4, -0.2) is 62.7 Å². The number of rotatable bonds is 7. The minimum atomic E-state index is 0.473. The van der Waals surface area contributed by atoms with Crippen molar-refractivity contribution >= 4 is 0 Å². The molecule has 1 N–H and O–H groups in total. The average Bonchev–Trinajstić information content (AvgIpc) is 2.11. The first-order valence-corrected chi connectivity index (χ1v) is 6.17. The Balaban J connectivity index is 2.26. The summed E-state index contributed by atoms with van der Waals surface area (Å²) in [5.41, 5.74) is 0.473. The Morgan fingerprint density at radius 1 is 1.20 bits per heavy atom. The Labute approximate surface area is 94.8 Å². The molecule has 90 valence electrons. The van der Waals surface area contributed by atoms with Crippen molar-refractivity contribution in [3.63, 3.8) is 0 Å². The van der Waals surface area contributed by atoms with Crippen LogP contribution in [0, 0.1) is 0 Å². The van der Waals surface area contributed by atoms with Gasteiger partial charge in [-0.1, -0.05) is 6.92 Å². The zero-order chi connectivity index (χ0) is 11.3. The monoisotopic (exact) mass is 213 g/mol. The first-order chi connectivity index (χ1) is 7.10. The van der Waals surface area contributed by atoms with E-state index in [0.29, 0.717) is 5.54 Å². The summed E-state index contributed by atoms with van der Waals surface area (Å²) in [6.45, 7) is 6.71. The molecule has 1 fully saturated rings. The van der Waals surface area contributed by atoms with Crippen molar-refractivity contribution in [2.24, 2.45) is 0 Å². The Morgan fingerprint density at radius 3 is 2.27 bits per heavy atom. The van der Waals surface area contributed by atoms with E-state index in [4.69, 9.17) is 0 Å². The predicted octanol–water partition coefficient (Wildman–Crippen LogP) is 1.01. The van der Waals surface area contributed by atoms with Gasteiger partial charge >= 0.3 is 0 Å². The van der Waals surface area contributed by atoms with E-state index in [0.717, 1.165) is 19.6 Å². The predicted molar refractivity (Wildman–Crippen MR) is 66.3 cm³/mol. The molecule has 0 aliphatic heterocycles. The minimum absolute atomic E-state index is 0.473. The first-order valence-electron chi connectivity index (χ1n) is 6.17. The van der Waals surface area contributed by atoms with Gasteiger partial charge in [0.05, 0.1) is 0 Å². The zero-order valence-corrected chi connectivity index (χ0v) is 10.8. The van der Waals surface area contributed by atoms with Crippen molar-refractivity contribution < 1.29 is 0 Å². The first kappa shape index (κ1) is 12.9. The second-order valence-corrected chi connectivity index (χ2v) is 5.06. The quantitative estimate of drug-likeness (QED) is 0.637. The Morgan fingerprint density at radius 2 is 1.87 bits per heavy atom. The fraction of sp³-hybridized carbons (Fsp3) is 1.00. The molecule has 0 atom stereocenters. The maximum absolute atomic E-state index is 3.37. The van der Waals surface area contributed by atoms with E-state index < -0.39 is 0 Å². The van der Waals surface area contributed by atoms with Crippen molar-refractivity contribution in [2.45, 2.75) is 31.7 Å². The molecule has 3 nitrogen and oxygen atoms in total. The van der Waals surface area contributed by atoms with E-state index in [1.54, 1.807) is 0 Å². The van der Waals surface area contributed by atoms with E-state index in [1.807, 2.05) is 0 Å². The van der Waals surface area contributed by atoms with Crippen LogP contribution in [0.15, 0.2) is 0 Å². The largest absolute Gasteiger partial charge is 0.316 e. The fourth-order valence-corrected chi connectivity index (χ4v) is 2.36. The highest BCUT2D eigenvalue weighted by atomic mass is 15.2. The molecule has 0 saturated heterocycles.